The predicted octanol–water partition coefficient (Wildman–Crippen LogP) is 4.31. The number of hydrogen-bond acceptors (Lipinski definition) is 6. The number of amides is 2. The summed E-state index contributed by atoms with van der Waals surface area (Å²) in [6, 6.07) is 20.6. The number of hydrogen-bond donors (Lipinski definition) is 1. The lowest BCUT2D eigenvalue weighted by Crippen LogP contribution is -2.48. The van der Waals surface area contributed by atoms with Crippen LogP contribution < -0.4 is 18.9 Å². The van der Waals surface area contributed by atoms with Crippen molar-refractivity contribution >= 4 is 16.1 Å². The third kappa shape index (κ3) is 5.86. The number of benzene rings is 3. The second kappa shape index (κ2) is 10.7. The number of carbonyl (C=O) groups excluding carboxylic acids is 1. The van der Waals surface area contributed by atoms with E-state index < -0.39 is 16.1 Å². The summed E-state index contributed by atoms with van der Waals surface area (Å²) in [5, 5.41) is 0. The average Bonchev–Trinajstić information content (AvgIpc) is 2.89. The van der Waals surface area contributed by atoms with Crippen LogP contribution in [0.5, 0.6) is 17.2 Å². The SMILES string of the molecule is COc1ccc(OC)c(-c2cccc(OC3CCN(C(=O)NS(=O)(=O)c4ccccc4)CC3)c2)c1. The molecule has 0 atom stereocenters. The Hall–Kier alpha value is -3.72. The molecular weight excluding hydrogens is 468 g/mol. The van der Waals surface area contributed by atoms with Crippen molar-refractivity contribution in [3.8, 4) is 28.4 Å². The van der Waals surface area contributed by atoms with Gasteiger partial charge < -0.3 is 19.1 Å². The van der Waals surface area contributed by atoms with Crippen molar-refractivity contribution in [2.75, 3.05) is 27.3 Å². The zero-order valence-electron chi connectivity index (χ0n) is 19.6. The van der Waals surface area contributed by atoms with Crippen LogP contribution in [0.15, 0.2) is 77.7 Å². The van der Waals surface area contributed by atoms with Crippen LogP contribution in [0.25, 0.3) is 11.1 Å². The van der Waals surface area contributed by atoms with Crippen molar-refractivity contribution in [3.05, 3.63) is 72.8 Å². The summed E-state index contributed by atoms with van der Waals surface area (Å²) >= 11 is 0. The highest BCUT2D eigenvalue weighted by Crippen LogP contribution is 2.35. The first-order valence-electron chi connectivity index (χ1n) is 11.3. The van der Waals surface area contributed by atoms with Crippen LogP contribution in [-0.2, 0) is 10.0 Å². The maximum atomic E-state index is 12.5. The fourth-order valence-corrected chi connectivity index (χ4v) is 4.98. The Kier molecular flexibility index (Phi) is 7.45. The van der Waals surface area contributed by atoms with E-state index in [0.717, 1.165) is 22.6 Å². The average molecular weight is 497 g/mol. The van der Waals surface area contributed by atoms with Gasteiger partial charge in [0.2, 0.25) is 0 Å². The normalized spacial score (nSPS) is 14.3. The molecule has 0 spiro atoms. The van der Waals surface area contributed by atoms with Gasteiger partial charge in [-0.1, -0.05) is 30.3 Å². The molecule has 0 aliphatic carbocycles. The van der Waals surface area contributed by atoms with E-state index in [0.29, 0.717) is 31.7 Å². The first-order valence-corrected chi connectivity index (χ1v) is 12.7. The van der Waals surface area contributed by atoms with E-state index in [1.54, 1.807) is 32.4 Å². The minimum Gasteiger partial charge on any atom is -0.497 e. The molecule has 0 radical (unpaired) electrons. The van der Waals surface area contributed by atoms with E-state index >= 15 is 0 Å². The maximum Gasteiger partial charge on any atom is 0.331 e. The molecule has 1 N–H and O–H groups in total. The summed E-state index contributed by atoms with van der Waals surface area (Å²) in [5.74, 6) is 2.17. The predicted molar refractivity (Wildman–Crippen MR) is 132 cm³/mol. The van der Waals surface area contributed by atoms with E-state index in [2.05, 4.69) is 4.72 Å². The van der Waals surface area contributed by atoms with Gasteiger partial charge in [0.25, 0.3) is 10.0 Å². The van der Waals surface area contributed by atoms with Gasteiger partial charge in [0.05, 0.1) is 19.1 Å². The molecule has 2 amide bonds. The van der Waals surface area contributed by atoms with Gasteiger partial charge >= 0.3 is 6.03 Å². The van der Waals surface area contributed by atoms with Crippen molar-refractivity contribution in [2.45, 2.75) is 23.8 Å². The van der Waals surface area contributed by atoms with Crippen molar-refractivity contribution in [1.29, 1.82) is 0 Å². The molecule has 0 bridgehead atoms. The maximum absolute atomic E-state index is 12.5. The van der Waals surface area contributed by atoms with Crippen LogP contribution >= 0.6 is 0 Å². The summed E-state index contributed by atoms with van der Waals surface area (Å²) < 4.78 is 44.1. The molecule has 9 heteroatoms. The Morgan fingerprint density at radius 1 is 0.886 bits per heavy atom. The van der Waals surface area contributed by atoms with E-state index in [9.17, 15) is 13.2 Å². The van der Waals surface area contributed by atoms with Crippen molar-refractivity contribution in [1.82, 2.24) is 9.62 Å². The number of carbonyl (C=O) groups is 1. The quantitative estimate of drug-likeness (QED) is 0.524. The molecule has 4 rings (SSSR count). The van der Waals surface area contributed by atoms with Gasteiger partial charge in [0.1, 0.15) is 23.4 Å². The Morgan fingerprint density at radius 2 is 1.63 bits per heavy atom. The Bertz CT molecular complexity index is 1270. The van der Waals surface area contributed by atoms with Gasteiger partial charge in [-0.05, 0) is 48.0 Å². The van der Waals surface area contributed by atoms with E-state index in [-0.39, 0.29) is 11.0 Å². The summed E-state index contributed by atoms with van der Waals surface area (Å²) in [6.45, 7) is 0.786. The van der Waals surface area contributed by atoms with Crippen molar-refractivity contribution in [3.63, 3.8) is 0 Å². The molecule has 3 aromatic carbocycles. The van der Waals surface area contributed by atoms with E-state index in [4.69, 9.17) is 14.2 Å². The first kappa shape index (κ1) is 24.4. The van der Waals surface area contributed by atoms with Gasteiger partial charge in [-0.15, -0.1) is 0 Å². The van der Waals surface area contributed by atoms with Gasteiger partial charge in [-0.2, -0.15) is 0 Å². The van der Waals surface area contributed by atoms with Crippen LogP contribution in [-0.4, -0.2) is 52.8 Å². The Labute approximate surface area is 205 Å². The molecule has 1 heterocycles. The molecule has 0 unspecified atom stereocenters. The van der Waals surface area contributed by atoms with Gasteiger partial charge in [0.15, 0.2) is 0 Å². The van der Waals surface area contributed by atoms with Gasteiger partial charge in [-0.3, -0.25) is 0 Å². The van der Waals surface area contributed by atoms with Crippen LogP contribution in [0.2, 0.25) is 0 Å². The summed E-state index contributed by atoms with van der Waals surface area (Å²) in [5.41, 5.74) is 1.82. The molecular formula is C26H28N2O6S. The molecule has 1 aliphatic rings. The smallest absolute Gasteiger partial charge is 0.331 e. The minimum absolute atomic E-state index is 0.0547. The van der Waals surface area contributed by atoms with Crippen LogP contribution in [0.4, 0.5) is 4.79 Å². The minimum atomic E-state index is -3.90. The highest BCUT2D eigenvalue weighted by molar-refractivity contribution is 7.90. The highest BCUT2D eigenvalue weighted by Gasteiger charge is 2.27. The van der Waals surface area contributed by atoms with Gasteiger partial charge in [-0.25, -0.2) is 17.9 Å². The molecule has 0 aromatic heterocycles. The van der Waals surface area contributed by atoms with E-state index in [1.807, 2.05) is 42.5 Å². The molecule has 0 saturated carbocycles. The molecule has 3 aromatic rings. The number of nitrogens with one attached hydrogen (secondary N) is 1. The van der Waals surface area contributed by atoms with E-state index in [1.165, 1.54) is 17.0 Å². The lowest BCUT2D eigenvalue weighted by atomic mass is 10.0. The molecule has 1 fully saturated rings. The lowest BCUT2D eigenvalue weighted by Gasteiger charge is -2.32. The Morgan fingerprint density at radius 3 is 2.31 bits per heavy atom. The van der Waals surface area contributed by atoms with Gasteiger partial charge in [0, 0.05) is 31.5 Å². The second-order valence-corrected chi connectivity index (χ2v) is 9.80. The third-order valence-electron chi connectivity index (χ3n) is 5.86. The lowest BCUT2D eigenvalue weighted by molar-refractivity contribution is 0.113. The monoisotopic (exact) mass is 496 g/mol. The van der Waals surface area contributed by atoms with Crippen molar-refractivity contribution in [2.24, 2.45) is 0 Å². The molecule has 8 nitrogen and oxygen atoms in total. The van der Waals surface area contributed by atoms with Crippen LogP contribution in [0.3, 0.4) is 0 Å². The molecule has 1 aliphatic heterocycles. The number of sulfonamides is 1. The zero-order chi connectivity index (χ0) is 24.8. The fourth-order valence-electron chi connectivity index (χ4n) is 3.98. The Balaban J connectivity index is 1.37. The van der Waals surface area contributed by atoms with Crippen molar-refractivity contribution < 1.29 is 27.4 Å². The second-order valence-electron chi connectivity index (χ2n) is 8.12. The van der Waals surface area contributed by atoms with Crippen LogP contribution in [0.1, 0.15) is 12.8 Å². The largest absolute Gasteiger partial charge is 0.497 e. The standard InChI is InChI=1S/C26H28N2O6S/c1-32-21-11-12-25(33-2)24(18-21)19-7-6-8-22(17-19)34-20-13-15-28(16-14-20)26(29)27-35(30,31)23-9-4-3-5-10-23/h3-12,17-18,20H,13-16H2,1-2H3,(H,27,29). The number of methoxy groups -OCH3 is 2. The summed E-state index contributed by atoms with van der Waals surface area (Å²) in [7, 11) is -0.659. The van der Waals surface area contributed by atoms with Crippen LogP contribution in [0, 0.1) is 0 Å². The highest BCUT2D eigenvalue weighted by atomic mass is 32.2. The molecule has 35 heavy (non-hydrogen) atoms. The molecule has 184 valence electrons. The zero-order valence-corrected chi connectivity index (χ0v) is 20.5. The number of rotatable bonds is 7. The number of nitrogens with zero attached hydrogens (tertiary/aromatic N) is 1. The number of urea groups is 1. The number of likely N-dealkylation sites (tertiary alicyclic amines) is 1. The number of ether oxygens (including phenoxy) is 3. The molecule has 1 saturated heterocycles. The third-order valence-corrected chi connectivity index (χ3v) is 7.19. The fraction of sp³-hybridized carbons (Fsp3) is 0.269. The first-order chi connectivity index (χ1) is 16.9. The topological polar surface area (TPSA) is 94.2 Å². The summed E-state index contributed by atoms with van der Waals surface area (Å²) in [6.07, 6.45) is 1.09. The number of piperidine rings is 1. The summed E-state index contributed by atoms with van der Waals surface area (Å²) in [4.78, 5) is 14.1.